The third kappa shape index (κ3) is 3.10. The number of hydrogen-bond acceptors (Lipinski definition) is 5. The summed E-state index contributed by atoms with van der Waals surface area (Å²) in [6.45, 7) is 8.56. The third-order valence-corrected chi connectivity index (χ3v) is 4.15. The molecule has 0 amide bonds. The van der Waals surface area contributed by atoms with Gasteiger partial charge in [-0.2, -0.15) is 0 Å². The number of hydrogen-bond donors (Lipinski definition) is 0. The van der Waals surface area contributed by atoms with Gasteiger partial charge >= 0.3 is 0 Å². The maximum Gasteiger partial charge on any atom is 0.225 e. The molecule has 0 radical (unpaired) electrons. The van der Waals surface area contributed by atoms with Gasteiger partial charge in [-0.05, 0) is 32.8 Å². The Labute approximate surface area is 121 Å². The molecule has 5 heteroatoms. The number of ether oxygens (including phenoxy) is 1. The zero-order chi connectivity index (χ0) is 13.9. The summed E-state index contributed by atoms with van der Waals surface area (Å²) < 4.78 is 5.81. The molecule has 110 valence electrons. The summed E-state index contributed by atoms with van der Waals surface area (Å²) in [6, 6.07) is 2.41. The fourth-order valence-corrected chi connectivity index (χ4v) is 3.46. The molecule has 0 bridgehead atoms. The molecule has 2 saturated heterocycles. The standard InChI is InChI=1S/C15H24N4O/c1-12-9-18(10-13(2)20-12)11-14-5-3-8-19(14)15-16-6-4-7-17-15/h4,6-7,12-14H,3,5,8-11H2,1-2H3/t12-,13+,14-/m1/s1. The summed E-state index contributed by atoms with van der Waals surface area (Å²) in [5, 5.41) is 0. The van der Waals surface area contributed by atoms with Gasteiger partial charge in [0.05, 0.1) is 12.2 Å². The SMILES string of the molecule is C[C@@H]1CN(C[C@H]2CCCN2c2ncccn2)C[C@H](C)O1. The van der Waals surface area contributed by atoms with Gasteiger partial charge in [-0.1, -0.05) is 0 Å². The Morgan fingerprint density at radius 2 is 1.90 bits per heavy atom. The predicted octanol–water partition coefficient (Wildman–Crippen LogP) is 1.55. The minimum atomic E-state index is 0.335. The molecule has 0 unspecified atom stereocenters. The summed E-state index contributed by atoms with van der Waals surface area (Å²) in [5.41, 5.74) is 0. The van der Waals surface area contributed by atoms with E-state index < -0.39 is 0 Å². The highest BCUT2D eigenvalue weighted by Gasteiger charge is 2.30. The molecule has 3 heterocycles. The van der Waals surface area contributed by atoms with Crippen LogP contribution in [0, 0.1) is 0 Å². The molecular weight excluding hydrogens is 252 g/mol. The van der Waals surface area contributed by atoms with Gasteiger partial charge in [0.25, 0.3) is 0 Å². The Hall–Kier alpha value is -1.20. The summed E-state index contributed by atoms with van der Waals surface area (Å²) in [7, 11) is 0. The summed E-state index contributed by atoms with van der Waals surface area (Å²) in [6.07, 6.45) is 6.80. The van der Waals surface area contributed by atoms with E-state index in [9.17, 15) is 0 Å². The van der Waals surface area contributed by atoms with Crippen molar-refractivity contribution in [3.63, 3.8) is 0 Å². The second-order valence-corrected chi connectivity index (χ2v) is 6.01. The normalized spacial score (nSPS) is 31.7. The predicted molar refractivity (Wildman–Crippen MR) is 78.8 cm³/mol. The van der Waals surface area contributed by atoms with Gasteiger partial charge in [-0.25, -0.2) is 9.97 Å². The second kappa shape index (κ2) is 6.06. The Morgan fingerprint density at radius 1 is 1.20 bits per heavy atom. The van der Waals surface area contributed by atoms with Gasteiger partial charge < -0.3 is 9.64 Å². The first-order valence-corrected chi connectivity index (χ1v) is 7.64. The average molecular weight is 276 g/mol. The fraction of sp³-hybridized carbons (Fsp3) is 0.733. The Balaban J connectivity index is 1.64. The summed E-state index contributed by atoms with van der Waals surface area (Å²) in [5.74, 6) is 0.879. The van der Waals surface area contributed by atoms with Crippen LogP contribution in [-0.4, -0.2) is 59.3 Å². The van der Waals surface area contributed by atoms with E-state index in [2.05, 4.69) is 33.6 Å². The minimum absolute atomic E-state index is 0.335. The van der Waals surface area contributed by atoms with Crippen LogP contribution < -0.4 is 4.90 Å². The minimum Gasteiger partial charge on any atom is -0.373 e. The highest BCUT2D eigenvalue weighted by molar-refractivity contribution is 5.32. The molecule has 3 rings (SSSR count). The van der Waals surface area contributed by atoms with E-state index in [-0.39, 0.29) is 0 Å². The van der Waals surface area contributed by atoms with Crippen LogP contribution in [0.2, 0.25) is 0 Å². The number of rotatable bonds is 3. The van der Waals surface area contributed by atoms with E-state index in [0.29, 0.717) is 18.2 Å². The van der Waals surface area contributed by atoms with Crippen molar-refractivity contribution < 1.29 is 4.74 Å². The largest absolute Gasteiger partial charge is 0.373 e. The molecule has 20 heavy (non-hydrogen) atoms. The third-order valence-electron chi connectivity index (χ3n) is 4.15. The van der Waals surface area contributed by atoms with Crippen molar-refractivity contribution in [3.05, 3.63) is 18.5 Å². The number of morpholine rings is 1. The van der Waals surface area contributed by atoms with Crippen molar-refractivity contribution >= 4 is 5.95 Å². The van der Waals surface area contributed by atoms with Crippen LogP contribution in [0.25, 0.3) is 0 Å². The summed E-state index contributed by atoms with van der Waals surface area (Å²) in [4.78, 5) is 13.7. The van der Waals surface area contributed by atoms with Gasteiger partial charge in [0.2, 0.25) is 5.95 Å². The molecule has 2 aliphatic rings. The van der Waals surface area contributed by atoms with Crippen LogP contribution in [0.1, 0.15) is 26.7 Å². The van der Waals surface area contributed by atoms with E-state index in [1.807, 2.05) is 18.5 Å². The van der Waals surface area contributed by atoms with E-state index >= 15 is 0 Å². The van der Waals surface area contributed by atoms with Gasteiger partial charge in [-0.15, -0.1) is 0 Å². The zero-order valence-corrected chi connectivity index (χ0v) is 12.4. The van der Waals surface area contributed by atoms with E-state index in [1.165, 1.54) is 12.8 Å². The highest BCUT2D eigenvalue weighted by atomic mass is 16.5. The number of anilines is 1. The quantitative estimate of drug-likeness (QED) is 0.838. The van der Waals surface area contributed by atoms with Crippen molar-refractivity contribution in [2.75, 3.05) is 31.1 Å². The van der Waals surface area contributed by atoms with Crippen LogP contribution in [-0.2, 0) is 4.74 Å². The molecule has 0 aromatic carbocycles. The Kier molecular flexibility index (Phi) is 4.17. The van der Waals surface area contributed by atoms with Crippen LogP contribution >= 0.6 is 0 Å². The number of nitrogens with zero attached hydrogens (tertiary/aromatic N) is 4. The smallest absolute Gasteiger partial charge is 0.225 e. The zero-order valence-electron chi connectivity index (χ0n) is 12.4. The van der Waals surface area contributed by atoms with E-state index in [1.54, 1.807) is 0 Å². The van der Waals surface area contributed by atoms with Gasteiger partial charge in [0.15, 0.2) is 0 Å². The average Bonchev–Trinajstić information content (AvgIpc) is 2.86. The molecule has 1 aromatic heterocycles. The van der Waals surface area contributed by atoms with Crippen molar-refractivity contribution in [2.45, 2.75) is 44.9 Å². The van der Waals surface area contributed by atoms with Crippen LogP contribution in [0.5, 0.6) is 0 Å². The van der Waals surface area contributed by atoms with Crippen molar-refractivity contribution in [2.24, 2.45) is 0 Å². The number of aromatic nitrogens is 2. The second-order valence-electron chi connectivity index (χ2n) is 6.01. The molecule has 0 aliphatic carbocycles. The lowest BCUT2D eigenvalue weighted by Gasteiger charge is -2.38. The molecule has 0 N–H and O–H groups in total. The summed E-state index contributed by atoms with van der Waals surface area (Å²) >= 11 is 0. The molecule has 2 fully saturated rings. The Morgan fingerprint density at radius 3 is 2.60 bits per heavy atom. The van der Waals surface area contributed by atoms with Crippen molar-refractivity contribution in [1.82, 2.24) is 14.9 Å². The monoisotopic (exact) mass is 276 g/mol. The molecule has 3 atom stereocenters. The molecule has 5 nitrogen and oxygen atoms in total. The van der Waals surface area contributed by atoms with E-state index in [0.717, 1.165) is 32.1 Å². The molecule has 2 aliphatic heterocycles. The molecule has 0 spiro atoms. The maximum absolute atomic E-state index is 5.81. The lowest BCUT2D eigenvalue weighted by Crippen LogP contribution is -2.50. The first kappa shape index (κ1) is 13.8. The highest BCUT2D eigenvalue weighted by Crippen LogP contribution is 2.23. The van der Waals surface area contributed by atoms with Crippen molar-refractivity contribution in [3.8, 4) is 0 Å². The van der Waals surface area contributed by atoms with Crippen LogP contribution in [0.4, 0.5) is 5.95 Å². The Bertz CT molecular complexity index is 417. The lowest BCUT2D eigenvalue weighted by atomic mass is 10.1. The van der Waals surface area contributed by atoms with Gasteiger partial charge in [-0.3, -0.25) is 4.90 Å². The lowest BCUT2D eigenvalue weighted by molar-refractivity contribution is -0.0690. The van der Waals surface area contributed by atoms with Crippen LogP contribution in [0.3, 0.4) is 0 Å². The van der Waals surface area contributed by atoms with Gasteiger partial charge in [0.1, 0.15) is 0 Å². The van der Waals surface area contributed by atoms with Gasteiger partial charge in [0, 0.05) is 44.6 Å². The van der Waals surface area contributed by atoms with Crippen molar-refractivity contribution in [1.29, 1.82) is 0 Å². The maximum atomic E-state index is 5.81. The van der Waals surface area contributed by atoms with Crippen LogP contribution in [0.15, 0.2) is 18.5 Å². The first-order chi connectivity index (χ1) is 9.72. The van der Waals surface area contributed by atoms with E-state index in [4.69, 9.17) is 4.74 Å². The fourth-order valence-electron chi connectivity index (χ4n) is 3.46. The topological polar surface area (TPSA) is 41.5 Å². The first-order valence-electron chi connectivity index (χ1n) is 7.64. The molecular formula is C15H24N4O. The molecule has 0 saturated carbocycles. The molecule has 1 aromatic rings.